The summed E-state index contributed by atoms with van der Waals surface area (Å²) >= 11 is 0. The van der Waals surface area contributed by atoms with Gasteiger partial charge >= 0.3 is 0 Å². The number of rotatable bonds is 5. The Balaban J connectivity index is 2.14. The van der Waals surface area contributed by atoms with Crippen LogP contribution in [0.5, 0.6) is 5.75 Å². The van der Waals surface area contributed by atoms with E-state index in [1.807, 2.05) is 26.8 Å². The smallest absolute Gasteiger partial charge is 0.165 e. The standard InChI is InChI=1S/C17H22FNO2/c1-10-8-15(13(4)21-10)12(3)19-11(2)14-6-7-16(18)17(9-14)20-5/h6-9,11-12,19H,1-5H3. The molecule has 0 saturated carbocycles. The van der Waals surface area contributed by atoms with Crippen LogP contribution in [0.2, 0.25) is 0 Å². The van der Waals surface area contributed by atoms with Gasteiger partial charge in [0.2, 0.25) is 0 Å². The van der Waals surface area contributed by atoms with Crippen LogP contribution < -0.4 is 10.1 Å². The number of furan rings is 1. The van der Waals surface area contributed by atoms with Gasteiger partial charge in [0.25, 0.3) is 0 Å². The van der Waals surface area contributed by atoms with E-state index in [9.17, 15) is 4.39 Å². The molecule has 1 N–H and O–H groups in total. The Kier molecular flexibility index (Phi) is 4.68. The number of hydrogen-bond acceptors (Lipinski definition) is 3. The third kappa shape index (κ3) is 3.45. The van der Waals surface area contributed by atoms with Gasteiger partial charge in [-0.25, -0.2) is 4.39 Å². The normalized spacial score (nSPS) is 14.0. The maximum atomic E-state index is 13.5. The summed E-state index contributed by atoms with van der Waals surface area (Å²) in [5.41, 5.74) is 2.13. The van der Waals surface area contributed by atoms with E-state index in [-0.39, 0.29) is 23.7 Å². The molecule has 1 heterocycles. The Bertz CT molecular complexity index is 621. The molecule has 0 spiro atoms. The van der Waals surface area contributed by atoms with Crippen molar-refractivity contribution in [2.75, 3.05) is 7.11 Å². The van der Waals surface area contributed by atoms with Crippen molar-refractivity contribution < 1.29 is 13.5 Å². The minimum atomic E-state index is -0.345. The van der Waals surface area contributed by atoms with Gasteiger partial charge < -0.3 is 14.5 Å². The molecule has 1 aromatic carbocycles. The predicted molar refractivity (Wildman–Crippen MR) is 81.1 cm³/mol. The molecule has 2 aromatic rings. The minimum absolute atomic E-state index is 0.0732. The lowest BCUT2D eigenvalue weighted by molar-refractivity contribution is 0.384. The van der Waals surface area contributed by atoms with Crippen molar-refractivity contribution in [2.45, 2.75) is 39.8 Å². The molecule has 0 amide bonds. The summed E-state index contributed by atoms with van der Waals surface area (Å²) in [5, 5.41) is 3.50. The van der Waals surface area contributed by atoms with E-state index in [1.165, 1.54) is 13.2 Å². The van der Waals surface area contributed by atoms with Gasteiger partial charge in [-0.15, -0.1) is 0 Å². The molecule has 21 heavy (non-hydrogen) atoms. The number of nitrogens with one attached hydrogen (secondary N) is 1. The van der Waals surface area contributed by atoms with Crippen LogP contribution in [0.1, 0.15) is 48.6 Å². The molecule has 3 nitrogen and oxygen atoms in total. The summed E-state index contributed by atoms with van der Waals surface area (Å²) in [4.78, 5) is 0. The first-order valence-electron chi connectivity index (χ1n) is 7.08. The number of ether oxygens (including phenoxy) is 1. The van der Waals surface area contributed by atoms with Crippen LogP contribution in [0.25, 0.3) is 0 Å². The van der Waals surface area contributed by atoms with Crippen molar-refractivity contribution in [2.24, 2.45) is 0 Å². The molecule has 2 atom stereocenters. The van der Waals surface area contributed by atoms with Crippen molar-refractivity contribution in [3.05, 3.63) is 52.7 Å². The van der Waals surface area contributed by atoms with Gasteiger partial charge in [0.05, 0.1) is 7.11 Å². The molecule has 0 aliphatic heterocycles. The lowest BCUT2D eigenvalue weighted by atomic mass is 10.0. The topological polar surface area (TPSA) is 34.4 Å². The zero-order valence-electron chi connectivity index (χ0n) is 13.2. The molecular weight excluding hydrogens is 269 g/mol. The van der Waals surface area contributed by atoms with Crippen molar-refractivity contribution in [3.63, 3.8) is 0 Å². The quantitative estimate of drug-likeness (QED) is 0.883. The predicted octanol–water partition coefficient (Wildman–Crippen LogP) is 4.46. The summed E-state index contributed by atoms with van der Waals surface area (Å²) in [6, 6.07) is 7.20. The average molecular weight is 291 g/mol. The van der Waals surface area contributed by atoms with E-state index in [4.69, 9.17) is 9.15 Å². The van der Waals surface area contributed by atoms with E-state index >= 15 is 0 Å². The van der Waals surface area contributed by atoms with Gasteiger partial charge in [0, 0.05) is 17.6 Å². The molecule has 2 rings (SSSR count). The molecule has 0 radical (unpaired) electrons. The molecule has 114 valence electrons. The average Bonchev–Trinajstić information content (AvgIpc) is 2.78. The summed E-state index contributed by atoms with van der Waals surface area (Å²) in [7, 11) is 1.47. The van der Waals surface area contributed by atoms with Crippen LogP contribution in [-0.4, -0.2) is 7.11 Å². The van der Waals surface area contributed by atoms with Crippen molar-refractivity contribution in [1.82, 2.24) is 5.32 Å². The fourth-order valence-corrected chi connectivity index (χ4v) is 2.59. The highest BCUT2D eigenvalue weighted by Crippen LogP contribution is 2.26. The zero-order chi connectivity index (χ0) is 15.6. The fraction of sp³-hybridized carbons (Fsp3) is 0.412. The second-order valence-electron chi connectivity index (χ2n) is 5.37. The molecule has 0 aliphatic rings. The van der Waals surface area contributed by atoms with Crippen molar-refractivity contribution in [1.29, 1.82) is 0 Å². The van der Waals surface area contributed by atoms with E-state index in [0.717, 1.165) is 22.6 Å². The summed E-state index contributed by atoms with van der Waals surface area (Å²) < 4.78 is 24.1. The Morgan fingerprint density at radius 1 is 1.14 bits per heavy atom. The first-order chi connectivity index (χ1) is 9.92. The van der Waals surface area contributed by atoms with E-state index in [2.05, 4.69) is 12.2 Å². The minimum Gasteiger partial charge on any atom is -0.494 e. The molecule has 2 unspecified atom stereocenters. The molecule has 0 saturated heterocycles. The largest absolute Gasteiger partial charge is 0.494 e. The maximum Gasteiger partial charge on any atom is 0.165 e. The van der Waals surface area contributed by atoms with E-state index in [1.54, 1.807) is 12.1 Å². The molecule has 1 aromatic heterocycles. The number of benzene rings is 1. The summed E-state index contributed by atoms with van der Waals surface area (Å²) in [6.45, 7) is 8.05. The Labute approximate surface area is 125 Å². The lowest BCUT2D eigenvalue weighted by Gasteiger charge is -2.20. The second-order valence-corrected chi connectivity index (χ2v) is 5.37. The second kappa shape index (κ2) is 6.31. The van der Waals surface area contributed by atoms with Crippen LogP contribution in [-0.2, 0) is 0 Å². The highest BCUT2D eigenvalue weighted by Gasteiger charge is 2.16. The number of aryl methyl sites for hydroxylation is 2. The van der Waals surface area contributed by atoms with Gasteiger partial charge in [-0.1, -0.05) is 6.07 Å². The summed E-state index contributed by atoms with van der Waals surface area (Å²) in [5.74, 6) is 1.76. The van der Waals surface area contributed by atoms with Gasteiger partial charge in [0.15, 0.2) is 11.6 Å². The number of halogens is 1. The highest BCUT2D eigenvalue weighted by molar-refractivity contribution is 5.32. The molecule has 0 fully saturated rings. The number of hydrogen-bond donors (Lipinski definition) is 1. The molecule has 4 heteroatoms. The Morgan fingerprint density at radius 2 is 1.86 bits per heavy atom. The first kappa shape index (κ1) is 15.6. The van der Waals surface area contributed by atoms with Crippen LogP contribution in [0.3, 0.4) is 0 Å². The van der Waals surface area contributed by atoms with E-state index < -0.39 is 0 Å². The third-order valence-corrected chi connectivity index (χ3v) is 3.72. The third-order valence-electron chi connectivity index (χ3n) is 3.72. The molecular formula is C17H22FNO2. The highest BCUT2D eigenvalue weighted by atomic mass is 19.1. The van der Waals surface area contributed by atoms with Crippen LogP contribution in [0.4, 0.5) is 4.39 Å². The fourth-order valence-electron chi connectivity index (χ4n) is 2.59. The van der Waals surface area contributed by atoms with Gasteiger partial charge in [-0.3, -0.25) is 0 Å². The lowest BCUT2D eigenvalue weighted by Crippen LogP contribution is -2.22. The van der Waals surface area contributed by atoms with Crippen molar-refractivity contribution in [3.8, 4) is 5.75 Å². The number of methoxy groups -OCH3 is 1. The van der Waals surface area contributed by atoms with Crippen LogP contribution >= 0.6 is 0 Å². The van der Waals surface area contributed by atoms with Crippen molar-refractivity contribution >= 4 is 0 Å². The zero-order valence-corrected chi connectivity index (χ0v) is 13.2. The first-order valence-corrected chi connectivity index (χ1v) is 7.08. The molecule has 0 bridgehead atoms. The van der Waals surface area contributed by atoms with Gasteiger partial charge in [0.1, 0.15) is 11.5 Å². The van der Waals surface area contributed by atoms with Gasteiger partial charge in [-0.05, 0) is 51.5 Å². The summed E-state index contributed by atoms with van der Waals surface area (Å²) in [6.07, 6.45) is 0. The maximum absolute atomic E-state index is 13.5. The Hall–Kier alpha value is -1.81. The molecule has 0 aliphatic carbocycles. The monoisotopic (exact) mass is 291 g/mol. The SMILES string of the molecule is COc1cc(C(C)NC(C)c2cc(C)oc2C)ccc1F. The van der Waals surface area contributed by atoms with Crippen LogP contribution in [0.15, 0.2) is 28.7 Å². The van der Waals surface area contributed by atoms with E-state index in [0.29, 0.717) is 0 Å². The van der Waals surface area contributed by atoms with Crippen LogP contribution in [0, 0.1) is 19.7 Å². The Morgan fingerprint density at radius 3 is 2.43 bits per heavy atom. The van der Waals surface area contributed by atoms with Gasteiger partial charge in [-0.2, -0.15) is 0 Å².